The van der Waals surface area contributed by atoms with E-state index in [9.17, 15) is 9.59 Å². The first-order valence-electron chi connectivity index (χ1n) is 8.95. The number of aryl methyl sites for hydroxylation is 1. The molecule has 1 amide bonds. The van der Waals surface area contributed by atoms with Gasteiger partial charge < -0.3 is 14.0 Å². The van der Waals surface area contributed by atoms with Crippen LogP contribution in [0.5, 0.6) is 0 Å². The van der Waals surface area contributed by atoms with Crippen LogP contribution in [0.25, 0.3) is 0 Å². The van der Waals surface area contributed by atoms with Gasteiger partial charge in [-0.1, -0.05) is 6.92 Å². The van der Waals surface area contributed by atoms with Gasteiger partial charge in [0, 0.05) is 44.8 Å². The normalized spacial score (nSPS) is 17.7. The lowest BCUT2D eigenvalue weighted by Gasteiger charge is -2.33. The average Bonchev–Trinajstić information content (AvgIpc) is 3.11. The average molecular weight is 342 g/mol. The van der Waals surface area contributed by atoms with Gasteiger partial charge >= 0.3 is 0 Å². The molecule has 0 N–H and O–H groups in total. The van der Waals surface area contributed by atoms with Crippen molar-refractivity contribution >= 4 is 5.91 Å². The van der Waals surface area contributed by atoms with Crippen LogP contribution in [0.1, 0.15) is 41.4 Å². The summed E-state index contributed by atoms with van der Waals surface area (Å²) < 4.78 is 3.67. The summed E-state index contributed by atoms with van der Waals surface area (Å²) in [6.07, 6.45) is 8.37. The summed E-state index contributed by atoms with van der Waals surface area (Å²) >= 11 is 0. The molecule has 1 saturated heterocycles. The highest BCUT2D eigenvalue weighted by molar-refractivity contribution is 5.94. The van der Waals surface area contributed by atoms with Crippen LogP contribution in [-0.2, 0) is 20.0 Å². The maximum atomic E-state index is 13.0. The lowest BCUT2D eigenvalue weighted by Crippen LogP contribution is -2.43. The van der Waals surface area contributed by atoms with Gasteiger partial charge in [0.05, 0.1) is 6.33 Å². The second-order valence-corrected chi connectivity index (χ2v) is 6.92. The van der Waals surface area contributed by atoms with Crippen molar-refractivity contribution in [3.63, 3.8) is 0 Å². The first kappa shape index (κ1) is 17.5. The predicted octanol–water partition coefficient (Wildman–Crippen LogP) is 2.01. The Hall–Kier alpha value is -2.37. The molecule has 3 rings (SSSR count). The van der Waals surface area contributed by atoms with Gasteiger partial charge in [0.1, 0.15) is 5.56 Å². The SMILES string of the molecule is CCc1c(C)cc(C(=O)N2CCCC(Cn3ccnc3)C2)c(=O)n1C. The molecule has 6 nitrogen and oxygen atoms in total. The molecule has 3 heterocycles. The van der Waals surface area contributed by atoms with Crippen molar-refractivity contribution in [2.75, 3.05) is 13.1 Å². The first-order valence-corrected chi connectivity index (χ1v) is 8.95. The summed E-state index contributed by atoms with van der Waals surface area (Å²) in [4.78, 5) is 31.5. The van der Waals surface area contributed by atoms with Crippen LogP contribution in [0, 0.1) is 12.8 Å². The van der Waals surface area contributed by atoms with Gasteiger partial charge in [-0.25, -0.2) is 4.98 Å². The molecule has 0 saturated carbocycles. The maximum absolute atomic E-state index is 13.0. The van der Waals surface area contributed by atoms with Crippen molar-refractivity contribution in [3.05, 3.63) is 52.0 Å². The van der Waals surface area contributed by atoms with Crippen LogP contribution >= 0.6 is 0 Å². The van der Waals surface area contributed by atoms with Crippen LogP contribution in [0.2, 0.25) is 0 Å². The van der Waals surface area contributed by atoms with Gasteiger partial charge in [-0.3, -0.25) is 9.59 Å². The zero-order valence-corrected chi connectivity index (χ0v) is 15.2. The van der Waals surface area contributed by atoms with E-state index >= 15 is 0 Å². The number of nitrogens with zero attached hydrogens (tertiary/aromatic N) is 4. The molecule has 2 aromatic rings. The fraction of sp³-hybridized carbons (Fsp3) is 0.526. The Morgan fingerprint density at radius 2 is 2.20 bits per heavy atom. The van der Waals surface area contributed by atoms with Gasteiger partial charge in [-0.05, 0) is 43.7 Å². The third-order valence-electron chi connectivity index (χ3n) is 5.16. The molecule has 134 valence electrons. The number of amides is 1. The number of hydrogen-bond donors (Lipinski definition) is 0. The summed E-state index contributed by atoms with van der Waals surface area (Å²) in [6, 6.07) is 1.77. The van der Waals surface area contributed by atoms with Crippen molar-refractivity contribution in [2.24, 2.45) is 13.0 Å². The molecular formula is C19H26N4O2. The van der Waals surface area contributed by atoms with E-state index in [4.69, 9.17) is 0 Å². The van der Waals surface area contributed by atoms with Gasteiger partial charge in [0.25, 0.3) is 11.5 Å². The van der Waals surface area contributed by atoms with Gasteiger partial charge in [-0.15, -0.1) is 0 Å². The molecule has 1 atom stereocenters. The van der Waals surface area contributed by atoms with Gasteiger partial charge in [0.2, 0.25) is 0 Å². The van der Waals surface area contributed by atoms with E-state index in [1.54, 1.807) is 23.9 Å². The maximum Gasteiger partial charge on any atom is 0.263 e. The Balaban J connectivity index is 1.80. The standard InChI is InChI=1S/C19H26N4O2/c1-4-17-14(2)10-16(18(24)21(17)3)19(25)23-8-5-6-15(12-23)11-22-9-7-20-13-22/h7,9-10,13,15H,4-6,8,11-12H2,1-3H3. The van der Waals surface area contributed by atoms with Crippen molar-refractivity contribution in [1.82, 2.24) is 19.0 Å². The third kappa shape index (κ3) is 3.52. The highest BCUT2D eigenvalue weighted by Crippen LogP contribution is 2.20. The quantitative estimate of drug-likeness (QED) is 0.854. The number of piperidine rings is 1. The largest absolute Gasteiger partial charge is 0.338 e. The van der Waals surface area contributed by atoms with E-state index < -0.39 is 0 Å². The van der Waals surface area contributed by atoms with E-state index in [-0.39, 0.29) is 11.5 Å². The minimum atomic E-state index is -0.191. The molecular weight excluding hydrogens is 316 g/mol. The highest BCUT2D eigenvalue weighted by atomic mass is 16.2. The molecule has 0 bridgehead atoms. The molecule has 1 fully saturated rings. The molecule has 0 spiro atoms. The van der Waals surface area contributed by atoms with E-state index in [0.717, 1.165) is 43.6 Å². The molecule has 0 radical (unpaired) electrons. The Morgan fingerprint density at radius 3 is 2.88 bits per heavy atom. The second-order valence-electron chi connectivity index (χ2n) is 6.92. The van der Waals surface area contributed by atoms with Crippen LogP contribution in [-0.4, -0.2) is 38.0 Å². The molecule has 0 aliphatic carbocycles. The minimum Gasteiger partial charge on any atom is -0.338 e. The summed E-state index contributed by atoms with van der Waals surface area (Å²) in [5, 5.41) is 0. The zero-order valence-electron chi connectivity index (χ0n) is 15.2. The fourth-order valence-electron chi connectivity index (χ4n) is 3.86. The lowest BCUT2D eigenvalue weighted by molar-refractivity contribution is 0.0659. The smallest absolute Gasteiger partial charge is 0.263 e. The molecule has 2 aromatic heterocycles. The molecule has 1 aliphatic heterocycles. The van der Waals surface area contributed by atoms with Crippen molar-refractivity contribution < 1.29 is 4.79 Å². The first-order chi connectivity index (χ1) is 12.0. The summed E-state index contributed by atoms with van der Waals surface area (Å²) in [6.45, 7) is 6.25. The van der Waals surface area contributed by atoms with Crippen molar-refractivity contribution in [1.29, 1.82) is 0 Å². The van der Waals surface area contributed by atoms with Crippen LogP contribution in [0.4, 0.5) is 0 Å². The fourth-order valence-corrected chi connectivity index (χ4v) is 3.86. The van der Waals surface area contributed by atoms with Crippen molar-refractivity contribution in [2.45, 2.75) is 39.7 Å². The number of hydrogen-bond acceptors (Lipinski definition) is 3. The number of carbonyl (C=O) groups is 1. The Bertz CT molecular complexity index is 808. The number of rotatable bonds is 4. The second kappa shape index (κ2) is 7.25. The number of likely N-dealkylation sites (tertiary alicyclic amines) is 1. The molecule has 25 heavy (non-hydrogen) atoms. The van der Waals surface area contributed by atoms with Crippen LogP contribution in [0.3, 0.4) is 0 Å². The molecule has 6 heteroatoms. The topological polar surface area (TPSA) is 60.1 Å². The van der Waals surface area contributed by atoms with Gasteiger partial charge in [-0.2, -0.15) is 0 Å². The molecule has 0 aromatic carbocycles. The van der Waals surface area contributed by atoms with Crippen molar-refractivity contribution in [3.8, 4) is 0 Å². The zero-order chi connectivity index (χ0) is 18.0. The van der Waals surface area contributed by atoms with Crippen LogP contribution < -0.4 is 5.56 Å². The minimum absolute atomic E-state index is 0.137. The highest BCUT2D eigenvalue weighted by Gasteiger charge is 2.27. The summed E-state index contributed by atoms with van der Waals surface area (Å²) in [5.74, 6) is 0.258. The number of pyridine rings is 1. The summed E-state index contributed by atoms with van der Waals surface area (Å²) in [7, 11) is 1.75. The number of carbonyl (C=O) groups excluding carboxylic acids is 1. The predicted molar refractivity (Wildman–Crippen MR) is 96.7 cm³/mol. The number of imidazole rings is 1. The molecule has 1 aliphatic rings. The van der Waals surface area contributed by atoms with E-state index in [1.807, 2.05) is 31.3 Å². The van der Waals surface area contributed by atoms with Crippen LogP contribution in [0.15, 0.2) is 29.6 Å². The number of aromatic nitrogens is 3. The van der Waals surface area contributed by atoms with Gasteiger partial charge in [0.15, 0.2) is 0 Å². The monoisotopic (exact) mass is 342 g/mol. The summed E-state index contributed by atoms with van der Waals surface area (Å²) in [5.41, 5.74) is 2.09. The molecule has 1 unspecified atom stereocenters. The van der Waals surface area contributed by atoms with E-state index in [2.05, 4.69) is 9.55 Å². The van der Waals surface area contributed by atoms with E-state index in [0.29, 0.717) is 18.0 Å². The third-order valence-corrected chi connectivity index (χ3v) is 5.16. The lowest BCUT2D eigenvalue weighted by atomic mass is 9.97. The Kier molecular flexibility index (Phi) is 5.06. The van der Waals surface area contributed by atoms with E-state index in [1.165, 1.54) is 0 Å². The Morgan fingerprint density at radius 1 is 1.40 bits per heavy atom. The Labute approximate surface area is 148 Å².